The topological polar surface area (TPSA) is 327 Å². The van der Waals surface area contributed by atoms with Crippen LogP contribution in [0.4, 0.5) is 0 Å². The molecule has 108 heavy (non-hydrogen) atoms. The van der Waals surface area contributed by atoms with Gasteiger partial charge >= 0.3 is 35.8 Å². The molecule has 28 heteroatoms. The monoisotopic (exact) mass is 1500 g/mol. The lowest BCUT2D eigenvalue weighted by atomic mass is 9.94. The van der Waals surface area contributed by atoms with Crippen LogP contribution in [0.15, 0.2) is 182 Å². The highest BCUT2D eigenvalue weighted by molar-refractivity contribution is 5.74. The van der Waals surface area contributed by atoms with Crippen molar-refractivity contribution in [1.29, 1.82) is 0 Å². The number of rotatable bonds is 35. The van der Waals surface area contributed by atoms with Gasteiger partial charge in [0.2, 0.25) is 5.91 Å². The Bertz CT molecular complexity index is 3780. The molecule has 0 saturated carbocycles. The standard InChI is InChI=1S/C80H93NO27/c1-48(82)81-65-70(101-52(5)86)68(108-80-76(103-54(7)88)73(102-53(6)87)69(100-51(4)85)64(107-80)45-91-50(3)84)63(44-90-49(2)83)105-78(65)98-47-62-67(93-39-56-28-16-9-17-29-56)72(95-41-58-32-20-11-21-33-58)75(97-43-60-36-24-13-25-37-60)79(106-62)99-46-61-66(92-38-55-26-14-8-15-27-55)71(94-40-57-30-18-10-19-31-57)74(77(89)104-61)96-42-59-34-22-12-23-35-59/h8-37,61-80,89H,38-47H2,1-7H3,(H,81,82)/t61-,62-,63-,64-,65-,66-,67-,68-,69+,70-,71+,72+,73+,74+,75+,76-,77-,78-,79+,80+/m1/s1. The highest BCUT2D eigenvalue weighted by atomic mass is 16.8. The predicted octanol–water partition coefficient (Wildman–Crippen LogP) is 7.17. The van der Waals surface area contributed by atoms with Crippen LogP contribution in [0.3, 0.4) is 0 Å². The first kappa shape index (κ1) is 81.6. The SMILES string of the molecule is CC(=O)N[C@H]1[C@H](OC[C@H]2O[C@H](OC[C@H]3O[C@@H](O)[C@@H](OCc4ccccc4)[C@@H](OCc4ccccc4)[C@@H]3OCc3ccccc3)[C@@H](OCc3ccccc3)[C@@H](OCc3ccccc3)[C@@H]2OCc2ccccc2)O[C@H](COC(C)=O)[C@@H](O[C@@H]2O[C@H](COC(C)=O)[C@H](OC(C)=O)[C@H](OC(C)=O)[C@H]2OC(C)=O)[C@@H]1OC(C)=O. The van der Waals surface area contributed by atoms with Crippen LogP contribution in [0.2, 0.25) is 0 Å². The molecule has 4 fully saturated rings. The second-order valence-electron chi connectivity index (χ2n) is 26.2. The first-order valence-corrected chi connectivity index (χ1v) is 35.6. The molecule has 2 N–H and O–H groups in total. The lowest BCUT2D eigenvalue weighted by molar-refractivity contribution is -0.361. The van der Waals surface area contributed by atoms with Crippen LogP contribution in [0.25, 0.3) is 0 Å². The fourth-order valence-corrected chi connectivity index (χ4v) is 13.0. The number of amides is 1. The summed E-state index contributed by atoms with van der Waals surface area (Å²) in [6.07, 6.45) is -27.4. The van der Waals surface area contributed by atoms with Crippen molar-refractivity contribution < 1.29 is 129 Å². The molecule has 0 bridgehead atoms. The summed E-state index contributed by atoms with van der Waals surface area (Å²) < 4.78 is 123. The first-order valence-electron chi connectivity index (χ1n) is 35.6. The van der Waals surface area contributed by atoms with E-state index in [1.54, 1.807) is 0 Å². The third-order valence-electron chi connectivity index (χ3n) is 17.8. The third-order valence-corrected chi connectivity index (χ3v) is 17.8. The maximum atomic E-state index is 13.7. The number of carbonyl (C=O) groups is 7. The van der Waals surface area contributed by atoms with Gasteiger partial charge in [-0.1, -0.05) is 182 Å². The minimum atomic E-state index is -1.93. The fourth-order valence-electron chi connectivity index (χ4n) is 13.0. The van der Waals surface area contributed by atoms with Crippen LogP contribution in [0.1, 0.15) is 81.8 Å². The largest absolute Gasteiger partial charge is 0.463 e. The summed E-state index contributed by atoms with van der Waals surface area (Å²) >= 11 is 0. The van der Waals surface area contributed by atoms with Crippen molar-refractivity contribution in [3.8, 4) is 0 Å². The van der Waals surface area contributed by atoms with Crippen LogP contribution < -0.4 is 5.32 Å². The molecular weight excluding hydrogens is 1410 g/mol. The number of hydrogen-bond acceptors (Lipinski definition) is 27. The Labute approximate surface area is 625 Å². The Balaban J connectivity index is 1.04. The number of aliphatic hydroxyl groups is 1. The Morgan fingerprint density at radius 2 is 0.602 bits per heavy atom. The van der Waals surface area contributed by atoms with Crippen molar-refractivity contribution in [1.82, 2.24) is 5.32 Å². The zero-order chi connectivity index (χ0) is 76.5. The predicted molar refractivity (Wildman–Crippen MR) is 377 cm³/mol. The molecule has 4 saturated heterocycles. The zero-order valence-electron chi connectivity index (χ0n) is 61.0. The van der Waals surface area contributed by atoms with Gasteiger partial charge in [0.15, 0.2) is 49.6 Å². The smallest absolute Gasteiger partial charge is 0.303 e. The molecule has 0 radical (unpaired) electrons. The molecule has 4 heterocycles. The molecule has 4 aliphatic heterocycles. The van der Waals surface area contributed by atoms with Crippen LogP contribution in [-0.4, -0.2) is 196 Å². The third kappa shape index (κ3) is 24.0. The molecule has 6 aromatic carbocycles. The van der Waals surface area contributed by atoms with Gasteiger partial charge in [-0.3, -0.25) is 33.6 Å². The molecule has 0 aliphatic carbocycles. The highest BCUT2D eigenvalue weighted by Crippen LogP contribution is 2.38. The van der Waals surface area contributed by atoms with E-state index in [4.69, 9.17) is 90.0 Å². The molecule has 4 aliphatic rings. The lowest BCUT2D eigenvalue weighted by Crippen LogP contribution is -2.69. The van der Waals surface area contributed by atoms with Crippen molar-refractivity contribution in [3.63, 3.8) is 0 Å². The van der Waals surface area contributed by atoms with E-state index in [9.17, 15) is 38.7 Å². The first-order chi connectivity index (χ1) is 52.2. The second kappa shape index (κ2) is 41.0. The number of benzene rings is 6. The summed E-state index contributed by atoms with van der Waals surface area (Å²) in [4.78, 5) is 91.3. The van der Waals surface area contributed by atoms with E-state index in [1.165, 1.54) is 6.92 Å². The molecular formula is C80H93NO27. The number of carbonyl (C=O) groups excluding carboxylic acids is 7. The van der Waals surface area contributed by atoms with Crippen LogP contribution >= 0.6 is 0 Å². The molecule has 1 amide bonds. The van der Waals surface area contributed by atoms with Gasteiger partial charge in [0, 0.05) is 48.5 Å². The Morgan fingerprint density at radius 1 is 0.296 bits per heavy atom. The quantitative estimate of drug-likeness (QED) is 0.0294. The van der Waals surface area contributed by atoms with Crippen molar-refractivity contribution in [3.05, 3.63) is 215 Å². The average Bonchev–Trinajstić information content (AvgIpc) is 0.772. The summed E-state index contributed by atoms with van der Waals surface area (Å²) in [6, 6.07) is 55.0. The Hall–Kier alpha value is -8.95. The minimum Gasteiger partial charge on any atom is -0.463 e. The average molecular weight is 1500 g/mol. The highest BCUT2D eigenvalue weighted by Gasteiger charge is 2.59. The van der Waals surface area contributed by atoms with E-state index in [-0.39, 0.29) is 46.2 Å². The molecule has 28 nitrogen and oxygen atoms in total. The van der Waals surface area contributed by atoms with Gasteiger partial charge in [-0.05, 0) is 33.4 Å². The molecule has 0 spiro atoms. The summed E-state index contributed by atoms with van der Waals surface area (Å²) in [5.41, 5.74) is 4.80. The number of ether oxygens (including phenoxy) is 19. The van der Waals surface area contributed by atoms with Gasteiger partial charge in [0.25, 0.3) is 0 Å². The number of esters is 6. The van der Waals surface area contributed by atoms with Gasteiger partial charge in [0.05, 0.1) is 52.9 Å². The summed E-state index contributed by atoms with van der Waals surface area (Å²) in [5.74, 6) is -6.05. The normalized spacial score (nSPS) is 28.3. The Morgan fingerprint density at radius 3 is 1.00 bits per heavy atom. The summed E-state index contributed by atoms with van der Waals surface area (Å²) in [5, 5.41) is 15.1. The summed E-state index contributed by atoms with van der Waals surface area (Å²) in [6.45, 7) is 5.58. The maximum Gasteiger partial charge on any atom is 0.303 e. The van der Waals surface area contributed by atoms with Crippen molar-refractivity contribution >= 4 is 41.7 Å². The van der Waals surface area contributed by atoms with Gasteiger partial charge in [0.1, 0.15) is 86.4 Å². The van der Waals surface area contributed by atoms with Gasteiger partial charge in [-0.25, -0.2) is 0 Å². The van der Waals surface area contributed by atoms with Crippen molar-refractivity contribution in [2.75, 3.05) is 26.4 Å². The lowest BCUT2D eigenvalue weighted by Gasteiger charge is -2.50. The minimum absolute atomic E-state index is 0.000141. The zero-order valence-corrected chi connectivity index (χ0v) is 61.0. The molecule has 10 rings (SSSR count). The number of hydrogen-bond donors (Lipinski definition) is 2. The fraction of sp³-hybridized carbons (Fsp3) is 0.463. The van der Waals surface area contributed by atoms with E-state index in [0.29, 0.717) is 0 Å². The van der Waals surface area contributed by atoms with Gasteiger partial charge in [-0.2, -0.15) is 0 Å². The van der Waals surface area contributed by atoms with Crippen molar-refractivity contribution in [2.45, 2.75) is 211 Å². The number of aliphatic hydroxyl groups excluding tert-OH is 1. The van der Waals surface area contributed by atoms with E-state index < -0.39 is 184 Å². The second-order valence-corrected chi connectivity index (χ2v) is 26.2. The van der Waals surface area contributed by atoms with E-state index in [0.717, 1.165) is 74.9 Å². The molecule has 0 aromatic heterocycles. The van der Waals surface area contributed by atoms with Crippen LogP contribution in [0.5, 0.6) is 0 Å². The molecule has 580 valence electrons. The van der Waals surface area contributed by atoms with Crippen LogP contribution in [-0.2, 0) is 163 Å². The van der Waals surface area contributed by atoms with Crippen molar-refractivity contribution in [2.24, 2.45) is 0 Å². The van der Waals surface area contributed by atoms with E-state index in [1.807, 2.05) is 182 Å². The van der Waals surface area contributed by atoms with Gasteiger partial charge < -0.3 is 100 Å². The molecule has 6 aromatic rings. The van der Waals surface area contributed by atoms with E-state index in [2.05, 4.69) is 5.32 Å². The van der Waals surface area contributed by atoms with Crippen LogP contribution in [0, 0.1) is 0 Å². The Kier molecular flexibility index (Phi) is 31.0. The molecule has 0 unspecified atom stereocenters. The maximum absolute atomic E-state index is 13.7. The molecule has 20 atom stereocenters. The van der Waals surface area contributed by atoms with Gasteiger partial charge in [-0.15, -0.1) is 0 Å². The summed E-state index contributed by atoms with van der Waals surface area (Å²) in [7, 11) is 0. The number of nitrogens with one attached hydrogen (secondary N) is 1. The van der Waals surface area contributed by atoms with E-state index >= 15 is 0 Å².